The van der Waals surface area contributed by atoms with Crippen LogP contribution < -0.4 is 0 Å². The maximum atomic E-state index is 11.8. The monoisotopic (exact) mass is 228 g/mol. The normalized spacial score (nSPS) is 28.8. The number of carbonyl (C=O) groups is 1. The molecule has 0 saturated heterocycles. The van der Waals surface area contributed by atoms with Crippen molar-refractivity contribution in [1.29, 1.82) is 0 Å². The smallest absolute Gasteiger partial charge is 0.309 e. The molecule has 1 rings (SSSR count). The quantitative estimate of drug-likeness (QED) is 0.735. The zero-order chi connectivity index (χ0) is 12.1. The van der Waals surface area contributed by atoms with E-state index in [0.717, 1.165) is 32.1 Å². The van der Waals surface area contributed by atoms with Crippen LogP contribution in [0, 0.1) is 17.8 Å². The van der Waals surface area contributed by atoms with Crippen LogP contribution in [-0.2, 0) is 9.53 Å². The fourth-order valence-electron chi connectivity index (χ4n) is 2.98. The third kappa shape index (κ3) is 3.21. The van der Waals surface area contributed by atoms with Crippen LogP contribution in [0.15, 0.2) is 0 Å². The van der Waals surface area contributed by atoms with Gasteiger partial charge in [-0.25, -0.2) is 0 Å². The van der Waals surface area contributed by atoms with E-state index in [1.807, 2.05) is 0 Å². The van der Waals surface area contributed by atoms with Crippen molar-refractivity contribution < 1.29 is 14.6 Å². The van der Waals surface area contributed by atoms with E-state index >= 15 is 0 Å². The molecule has 16 heavy (non-hydrogen) atoms. The third-order valence-corrected chi connectivity index (χ3v) is 3.78. The highest BCUT2D eigenvalue weighted by Gasteiger charge is 2.37. The summed E-state index contributed by atoms with van der Waals surface area (Å²) in [6, 6.07) is 0. The summed E-state index contributed by atoms with van der Waals surface area (Å²) < 4.78 is 4.91. The number of aliphatic hydroxyl groups excluding tert-OH is 1. The van der Waals surface area contributed by atoms with Crippen LogP contribution in [0.2, 0.25) is 0 Å². The molecule has 1 N–H and O–H groups in total. The van der Waals surface area contributed by atoms with Gasteiger partial charge in [0.15, 0.2) is 0 Å². The minimum atomic E-state index is -0.217. The van der Waals surface area contributed by atoms with Crippen LogP contribution in [0.25, 0.3) is 0 Å². The molecule has 4 unspecified atom stereocenters. The van der Waals surface area contributed by atoms with E-state index in [-0.39, 0.29) is 18.0 Å². The van der Waals surface area contributed by atoms with Crippen LogP contribution in [-0.4, -0.2) is 24.3 Å². The first-order chi connectivity index (χ1) is 7.60. The van der Waals surface area contributed by atoms with Gasteiger partial charge in [-0.05, 0) is 31.1 Å². The van der Waals surface area contributed by atoms with Gasteiger partial charge in [0, 0.05) is 0 Å². The lowest BCUT2D eigenvalue weighted by Gasteiger charge is -2.26. The van der Waals surface area contributed by atoms with Crippen molar-refractivity contribution in [3.63, 3.8) is 0 Å². The molecule has 3 heteroatoms. The van der Waals surface area contributed by atoms with E-state index < -0.39 is 0 Å². The highest BCUT2D eigenvalue weighted by atomic mass is 16.5. The van der Waals surface area contributed by atoms with E-state index in [0.29, 0.717) is 11.8 Å². The van der Waals surface area contributed by atoms with Crippen molar-refractivity contribution in [2.75, 3.05) is 7.11 Å². The molecule has 0 radical (unpaired) electrons. The van der Waals surface area contributed by atoms with Gasteiger partial charge in [-0.15, -0.1) is 0 Å². The lowest BCUT2D eigenvalue weighted by Crippen LogP contribution is -2.30. The molecule has 0 heterocycles. The molecule has 1 saturated carbocycles. The van der Waals surface area contributed by atoms with E-state index in [2.05, 4.69) is 13.8 Å². The first-order valence-corrected chi connectivity index (χ1v) is 6.36. The molecule has 1 aliphatic carbocycles. The second-order valence-corrected chi connectivity index (χ2v) is 5.04. The minimum absolute atomic E-state index is 0.0258. The summed E-state index contributed by atoms with van der Waals surface area (Å²) in [7, 11) is 1.46. The highest BCUT2D eigenvalue weighted by Crippen LogP contribution is 2.37. The Bertz CT molecular complexity index is 227. The first-order valence-electron chi connectivity index (χ1n) is 6.36. The van der Waals surface area contributed by atoms with Crippen LogP contribution >= 0.6 is 0 Å². The van der Waals surface area contributed by atoms with Gasteiger partial charge in [0.05, 0.1) is 19.1 Å². The van der Waals surface area contributed by atoms with Gasteiger partial charge in [0.2, 0.25) is 0 Å². The number of esters is 1. The molecule has 0 aromatic heterocycles. The van der Waals surface area contributed by atoms with Gasteiger partial charge in [0.1, 0.15) is 0 Å². The lowest BCUT2D eigenvalue weighted by atomic mass is 9.79. The van der Waals surface area contributed by atoms with E-state index in [9.17, 15) is 9.90 Å². The Morgan fingerprint density at radius 1 is 1.50 bits per heavy atom. The average Bonchev–Trinajstić information content (AvgIpc) is 2.65. The van der Waals surface area contributed by atoms with Crippen molar-refractivity contribution in [3.05, 3.63) is 0 Å². The van der Waals surface area contributed by atoms with Gasteiger partial charge >= 0.3 is 5.97 Å². The molecule has 94 valence electrons. The largest absolute Gasteiger partial charge is 0.469 e. The minimum Gasteiger partial charge on any atom is -0.469 e. The predicted molar refractivity (Wildman–Crippen MR) is 62.9 cm³/mol. The van der Waals surface area contributed by atoms with E-state index in [1.165, 1.54) is 7.11 Å². The first kappa shape index (κ1) is 13.5. The molecular formula is C13H24O3. The number of carbonyl (C=O) groups excluding carboxylic acids is 1. The second kappa shape index (κ2) is 6.24. The van der Waals surface area contributed by atoms with Crippen molar-refractivity contribution in [2.24, 2.45) is 17.8 Å². The molecule has 0 aromatic rings. The Morgan fingerprint density at radius 3 is 2.62 bits per heavy atom. The maximum absolute atomic E-state index is 11.8. The summed E-state index contributed by atoms with van der Waals surface area (Å²) in [6.45, 7) is 4.25. The molecule has 0 aromatic carbocycles. The predicted octanol–water partition coefficient (Wildman–Crippen LogP) is 2.37. The number of rotatable bonds is 5. The third-order valence-electron chi connectivity index (χ3n) is 3.78. The summed E-state index contributed by atoms with van der Waals surface area (Å²) in [4.78, 5) is 11.8. The highest BCUT2D eigenvalue weighted by molar-refractivity contribution is 5.73. The Morgan fingerprint density at radius 2 is 2.19 bits per heavy atom. The zero-order valence-corrected chi connectivity index (χ0v) is 10.6. The molecule has 3 nitrogen and oxygen atoms in total. The fourth-order valence-corrected chi connectivity index (χ4v) is 2.98. The van der Waals surface area contributed by atoms with Crippen molar-refractivity contribution in [1.82, 2.24) is 0 Å². The summed E-state index contributed by atoms with van der Waals surface area (Å²) >= 11 is 0. The molecule has 0 spiro atoms. The summed E-state index contributed by atoms with van der Waals surface area (Å²) in [5.74, 6) is 0.541. The molecule has 1 fully saturated rings. The topological polar surface area (TPSA) is 46.5 Å². The van der Waals surface area contributed by atoms with Crippen LogP contribution in [0.5, 0.6) is 0 Å². The summed E-state index contributed by atoms with van der Waals surface area (Å²) in [6.07, 6.45) is 4.46. The SMILES string of the molecule is CCCC(C)C(C(=O)OC)C1CCC(O)C1. The standard InChI is InChI=1S/C13H24O3/c1-4-5-9(2)12(13(15)16-3)10-6-7-11(14)8-10/h9-12,14H,4-8H2,1-3H3. The van der Waals surface area contributed by atoms with Crippen LogP contribution in [0.3, 0.4) is 0 Å². The fraction of sp³-hybridized carbons (Fsp3) is 0.923. The Hall–Kier alpha value is -0.570. The number of methoxy groups -OCH3 is 1. The molecule has 0 aliphatic heterocycles. The summed E-state index contributed by atoms with van der Waals surface area (Å²) in [5, 5.41) is 9.56. The van der Waals surface area contributed by atoms with E-state index in [4.69, 9.17) is 4.74 Å². The van der Waals surface area contributed by atoms with Crippen molar-refractivity contribution >= 4 is 5.97 Å². The number of hydrogen-bond donors (Lipinski definition) is 1. The summed E-state index contributed by atoms with van der Waals surface area (Å²) in [5.41, 5.74) is 0. The van der Waals surface area contributed by atoms with Gasteiger partial charge in [-0.1, -0.05) is 26.7 Å². The van der Waals surface area contributed by atoms with Crippen LogP contribution in [0.1, 0.15) is 46.0 Å². The molecule has 0 bridgehead atoms. The molecular weight excluding hydrogens is 204 g/mol. The maximum Gasteiger partial charge on any atom is 0.309 e. The van der Waals surface area contributed by atoms with E-state index in [1.54, 1.807) is 0 Å². The molecule has 4 atom stereocenters. The second-order valence-electron chi connectivity index (χ2n) is 5.04. The molecule has 1 aliphatic rings. The van der Waals surface area contributed by atoms with Gasteiger partial charge in [-0.2, -0.15) is 0 Å². The number of aliphatic hydroxyl groups is 1. The Kier molecular flexibility index (Phi) is 5.26. The van der Waals surface area contributed by atoms with Gasteiger partial charge in [0.25, 0.3) is 0 Å². The lowest BCUT2D eigenvalue weighted by molar-refractivity contribution is -0.149. The average molecular weight is 228 g/mol. The Labute approximate surface area is 98.2 Å². The van der Waals surface area contributed by atoms with Crippen LogP contribution in [0.4, 0.5) is 0 Å². The number of hydrogen-bond acceptors (Lipinski definition) is 3. The van der Waals surface area contributed by atoms with Crippen molar-refractivity contribution in [3.8, 4) is 0 Å². The van der Waals surface area contributed by atoms with Gasteiger partial charge in [-0.3, -0.25) is 4.79 Å². The van der Waals surface area contributed by atoms with Crippen molar-refractivity contribution in [2.45, 2.75) is 52.1 Å². The number of ether oxygens (including phenoxy) is 1. The molecule has 0 amide bonds. The Balaban J connectivity index is 2.66. The zero-order valence-electron chi connectivity index (χ0n) is 10.6. The van der Waals surface area contributed by atoms with Gasteiger partial charge < -0.3 is 9.84 Å².